The molecule has 1 saturated heterocycles. The molecule has 1 N–H and O–H groups in total. The van der Waals surface area contributed by atoms with E-state index in [9.17, 15) is 13.2 Å². The first-order valence-corrected chi connectivity index (χ1v) is 6.50. The predicted octanol–water partition coefficient (Wildman–Crippen LogP) is 3.26. The molecule has 7 heteroatoms. The molecule has 3 nitrogen and oxygen atoms in total. The Hall–Kier alpha value is -1.45. The van der Waals surface area contributed by atoms with E-state index in [0.717, 1.165) is 0 Å². The molecule has 2 rings (SSSR count). The number of alkyl halides is 3. The van der Waals surface area contributed by atoms with Gasteiger partial charge < -0.3 is 5.32 Å². The zero-order chi connectivity index (χ0) is 14.8. The minimum Gasteiger partial charge on any atom is -0.381 e. The average molecular weight is 304 g/mol. The third-order valence-corrected chi connectivity index (χ3v) is 3.45. The van der Waals surface area contributed by atoms with Gasteiger partial charge in [0.15, 0.2) is 0 Å². The largest absolute Gasteiger partial charge is 0.401 e. The summed E-state index contributed by atoms with van der Waals surface area (Å²) in [5, 5.41) is 12.3. The number of benzene rings is 1. The number of nitrogens with zero attached hydrogens (tertiary/aromatic N) is 2. The van der Waals surface area contributed by atoms with Crippen LogP contribution < -0.4 is 5.32 Å². The molecule has 0 radical (unpaired) electrons. The monoisotopic (exact) mass is 303 g/mol. The van der Waals surface area contributed by atoms with Gasteiger partial charge in [-0.05, 0) is 24.6 Å². The molecule has 0 aromatic heterocycles. The maximum absolute atomic E-state index is 12.3. The van der Waals surface area contributed by atoms with E-state index in [1.165, 1.54) is 4.90 Å². The summed E-state index contributed by atoms with van der Waals surface area (Å²) in [6.07, 6.45) is -3.51. The Labute approximate surface area is 119 Å². The molecular formula is C13H13ClF3N3. The van der Waals surface area contributed by atoms with Crippen LogP contribution in [0.4, 0.5) is 18.9 Å². The van der Waals surface area contributed by atoms with Gasteiger partial charge in [0, 0.05) is 24.8 Å². The molecule has 1 heterocycles. The van der Waals surface area contributed by atoms with Crippen molar-refractivity contribution in [2.45, 2.75) is 18.6 Å². The van der Waals surface area contributed by atoms with Gasteiger partial charge in [0.05, 0.1) is 17.1 Å². The molecule has 108 valence electrons. The lowest BCUT2D eigenvalue weighted by atomic mass is 10.2. The molecule has 1 fully saturated rings. The van der Waals surface area contributed by atoms with Crippen LogP contribution in [0.15, 0.2) is 18.2 Å². The first kappa shape index (κ1) is 14.9. The summed E-state index contributed by atoms with van der Waals surface area (Å²) in [6.45, 7) is -0.113. The van der Waals surface area contributed by atoms with E-state index >= 15 is 0 Å². The average Bonchev–Trinajstić information content (AvgIpc) is 2.74. The Kier molecular flexibility index (Phi) is 4.41. The summed E-state index contributed by atoms with van der Waals surface area (Å²) < 4.78 is 36.9. The number of rotatable bonds is 3. The van der Waals surface area contributed by atoms with E-state index < -0.39 is 12.7 Å². The molecule has 0 aliphatic carbocycles. The van der Waals surface area contributed by atoms with Crippen LogP contribution in [-0.2, 0) is 0 Å². The van der Waals surface area contributed by atoms with E-state index in [1.54, 1.807) is 18.2 Å². The smallest absolute Gasteiger partial charge is 0.381 e. The number of likely N-dealkylation sites (tertiary alicyclic amines) is 1. The molecule has 0 bridgehead atoms. The molecule has 1 aliphatic heterocycles. The van der Waals surface area contributed by atoms with Crippen LogP contribution in [0.2, 0.25) is 5.02 Å². The van der Waals surface area contributed by atoms with E-state index in [0.29, 0.717) is 35.8 Å². The molecule has 1 aromatic rings. The third-order valence-electron chi connectivity index (χ3n) is 3.14. The Morgan fingerprint density at radius 3 is 2.80 bits per heavy atom. The Morgan fingerprint density at radius 2 is 2.20 bits per heavy atom. The fraction of sp³-hybridized carbons (Fsp3) is 0.462. The standard InChI is InChI=1S/C13H13ClF3N3/c14-12-5-10(2-1-9(12)6-18)19-11-3-4-20(7-11)8-13(15,16)17/h1-2,5,11,19H,3-4,7-8H2. The normalized spacial score (nSPS) is 19.9. The number of hydrogen-bond donors (Lipinski definition) is 1. The van der Waals surface area contributed by atoms with Crippen LogP contribution >= 0.6 is 11.6 Å². The second kappa shape index (κ2) is 5.90. The second-order valence-corrected chi connectivity index (χ2v) is 5.19. The highest BCUT2D eigenvalue weighted by atomic mass is 35.5. The predicted molar refractivity (Wildman–Crippen MR) is 70.7 cm³/mol. The quantitative estimate of drug-likeness (QED) is 0.931. The number of hydrogen-bond acceptors (Lipinski definition) is 3. The molecule has 1 aliphatic rings. The fourth-order valence-corrected chi connectivity index (χ4v) is 2.50. The number of nitriles is 1. The maximum atomic E-state index is 12.3. The SMILES string of the molecule is N#Cc1ccc(NC2CCN(CC(F)(F)F)C2)cc1Cl. The highest BCUT2D eigenvalue weighted by Gasteiger charge is 2.34. The number of anilines is 1. The van der Waals surface area contributed by atoms with Crippen molar-refractivity contribution in [3.63, 3.8) is 0 Å². The lowest BCUT2D eigenvalue weighted by molar-refractivity contribution is -0.143. The van der Waals surface area contributed by atoms with Gasteiger partial charge in [-0.15, -0.1) is 0 Å². The summed E-state index contributed by atoms with van der Waals surface area (Å²) in [6, 6.07) is 6.83. The van der Waals surface area contributed by atoms with E-state index in [-0.39, 0.29) is 6.04 Å². The van der Waals surface area contributed by atoms with E-state index in [2.05, 4.69) is 5.32 Å². The van der Waals surface area contributed by atoms with Gasteiger partial charge in [0.1, 0.15) is 6.07 Å². The zero-order valence-corrected chi connectivity index (χ0v) is 11.3. The van der Waals surface area contributed by atoms with Crippen molar-refractivity contribution in [2.24, 2.45) is 0 Å². The lowest BCUT2D eigenvalue weighted by Crippen LogP contribution is -2.34. The van der Waals surface area contributed by atoms with Crippen LogP contribution in [0.25, 0.3) is 0 Å². The number of nitrogens with one attached hydrogen (secondary N) is 1. The van der Waals surface area contributed by atoms with Gasteiger partial charge in [0.2, 0.25) is 0 Å². The molecule has 0 amide bonds. The van der Waals surface area contributed by atoms with Gasteiger partial charge >= 0.3 is 6.18 Å². The minimum absolute atomic E-state index is 0.0404. The highest BCUT2D eigenvalue weighted by Crippen LogP contribution is 2.24. The van der Waals surface area contributed by atoms with E-state index in [4.69, 9.17) is 16.9 Å². The molecule has 0 saturated carbocycles. The maximum Gasteiger partial charge on any atom is 0.401 e. The Balaban J connectivity index is 1.92. The zero-order valence-electron chi connectivity index (χ0n) is 10.5. The summed E-state index contributed by atoms with van der Waals surface area (Å²) in [5.41, 5.74) is 1.09. The summed E-state index contributed by atoms with van der Waals surface area (Å²) in [7, 11) is 0. The van der Waals surface area contributed by atoms with Crippen LogP contribution in [0.5, 0.6) is 0 Å². The Bertz CT molecular complexity index is 525. The Morgan fingerprint density at radius 1 is 1.45 bits per heavy atom. The van der Waals surface area contributed by atoms with Gasteiger partial charge in [-0.2, -0.15) is 18.4 Å². The van der Waals surface area contributed by atoms with Crippen molar-refractivity contribution in [1.82, 2.24) is 4.90 Å². The topological polar surface area (TPSA) is 39.1 Å². The van der Waals surface area contributed by atoms with Crippen molar-refractivity contribution in [3.8, 4) is 6.07 Å². The van der Waals surface area contributed by atoms with Gasteiger partial charge in [-0.1, -0.05) is 11.6 Å². The summed E-state index contributed by atoms with van der Waals surface area (Å²) >= 11 is 5.91. The van der Waals surface area contributed by atoms with Crippen molar-refractivity contribution in [3.05, 3.63) is 28.8 Å². The lowest BCUT2D eigenvalue weighted by Gasteiger charge is -2.18. The molecule has 1 aromatic carbocycles. The van der Waals surface area contributed by atoms with Gasteiger partial charge in [-0.3, -0.25) is 4.90 Å². The second-order valence-electron chi connectivity index (χ2n) is 4.79. The minimum atomic E-state index is -4.16. The van der Waals surface area contributed by atoms with Crippen LogP contribution in [0, 0.1) is 11.3 Å². The molecular weight excluding hydrogens is 291 g/mol. The van der Waals surface area contributed by atoms with E-state index in [1.807, 2.05) is 6.07 Å². The van der Waals surface area contributed by atoms with Crippen molar-refractivity contribution in [2.75, 3.05) is 25.0 Å². The van der Waals surface area contributed by atoms with Crippen molar-refractivity contribution >= 4 is 17.3 Å². The molecule has 1 unspecified atom stereocenters. The number of halogens is 4. The van der Waals surface area contributed by atoms with Crippen LogP contribution in [-0.4, -0.2) is 36.8 Å². The van der Waals surface area contributed by atoms with Gasteiger partial charge in [0.25, 0.3) is 0 Å². The summed E-state index contributed by atoms with van der Waals surface area (Å²) in [4.78, 5) is 1.38. The van der Waals surface area contributed by atoms with Gasteiger partial charge in [-0.25, -0.2) is 0 Å². The first-order valence-electron chi connectivity index (χ1n) is 6.12. The molecule has 0 spiro atoms. The van der Waals surface area contributed by atoms with Crippen molar-refractivity contribution in [1.29, 1.82) is 5.26 Å². The summed E-state index contributed by atoms with van der Waals surface area (Å²) in [5.74, 6) is 0. The fourth-order valence-electron chi connectivity index (χ4n) is 2.28. The van der Waals surface area contributed by atoms with Crippen LogP contribution in [0.3, 0.4) is 0 Å². The molecule has 1 atom stereocenters. The first-order chi connectivity index (χ1) is 9.37. The highest BCUT2D eigenvalue weighted by molar-refractivity contribution is 6.32. The van der Waals surface area contributed by atoms with Crippen LogP contribution in [0.1, 0.15) is 12.0 Å². The van der Waals surface area contributed by atoms with Crippen molar-refractivity contribution < 1.29 is 13.2 Å². The third kappa shape index (κ3) is 4.02. The molecule has 20 heavy (non-hydrogen) atoms.